The van der Waals surface area contributed by atoms with Gasteiger partial charge < -0.3 is 14.8 Å². The average Bonchev–Trinajstić information content (AvgIpc) is 2.99. The van der Waals surface area contributed by atoms with Crippen molar-refractivity contribution in [1.29, 1.82) is 0 Å². The third-order valence-electron chi connectivity index (χ3n) is 5.01. The average molecular weight is 333 g/mol. The van der Waals surface area contributed by atoms with Gasteiger partial charge in [-0.1, -0.05) is 6.07 Å². The standard InChI is InChI=1S/C18H27N3O3/c1-13(2)20-17(22)18-7-10-24-15(18)6-9-21(12-18)11-14-5-4-8-19-16(14)23-3/h4-5,8,13,15H,6-7,9-12H2,1-3H3,(H,20,22)/t15-,18-/m1/s1. The molecule has 2 saturated heterocycles. The van der Waals surface area contributed by atoms with E-state index in [2.05, 4.69) is 15.2 Å². The zero-order valence-electron chi connectivity index (χ0n) is 14.7. The Balaban J connectivity index is 1.76. The number of fused-ring (bicyclic) bond motifs is 1. The van der Waals surface area contributed by atoms with Crippen LogP contribution in [0.2, 0.25) is 0 Å². The molecule has 1 aromatic heterocycles. The van der Waals surface area contributed by atoms with Crippen molar-refractivity contribution in [2.45, 2.75) is 45.4 Å². The van der Waals surface area contributed by atoms with E-state index in [1.165, 1.54) is 0 Å². The van der Waals surface area contributed by atoms with E-state index in [9.17, 15) is 4.79 Å². The van der Waals surface area contributed by atoms with Gasteiger partial charge in [-0.2, -0.15) is 0 Å². The Morgan fingerprint density at radius 1 is 1.58 bits per heavy atom. The maximum absolute atomic E-state index is 12.9. The van der Waals surface area contributed by atoms with E-state index in [1.54, 1.807) is 13.3 Å². The van der Waals surface area contributed by atoms with Gasteiger partial charge in [-0.05, 0) is 32.8 Å². The van der Waals surface area contributed by atoms with Crippen LogP contribution < -0.4 is 10.1 Å². The van der Waals surface area contributed by atoms with Crippen LogP contribution in [-0.2, 0) is 16.1 Å². The molecule has 0 aliphatic carbocycles. The van der Waals surface area contributed by atoms with Gasteiger partial charge in [0.1, 0.15) is 0 Å². The predicted octanol–water partition coefficient (Wildman–Crippen LogP) is 1.60. The first-order valence-electron chi connectivity index (χ1n) is 8.68. The molecule has 3 heterocycles. The van der Waals surface area contributed by atoms with Gasteiger partial charge >= 0.3 is 0 Å². The molecule has 2 aliphatic rings. The van der Waals surface area contributed by atoms with Gasteiger partial charge in [-0.25, -0.2) is 4.98 Å². The molecule has 1 amide bonds. The molecule has 132 valence electrons. The lowest BCUT2D eigenvalue weighted by Gasteiger charge is -2.42. The zero-order valence-corrected chi connectivity index (χ0v) is 14.7. The second kappa shape index (κ2) is 7.07. The Hall–Kier alpha value is -1.66. The van der Waals surface area contributed by atoms with Crippen molar-refractivity contribution in [1.82, 2.24) is 15.2 Å². The molecule has 6 nitrogen and oxygen atoms in total. The Labute approximate surface area is 143 Å². The van der Waals surface area contributed by atoms with Crippen molar-refractivity contribution in [3.8, 4) is 5.88 Å². The summed E-state index contributed by atoms with van der Waals surface area (Å²) in [6.07, 6.45) is 3.44. The van der Waals surface area contributed by atoms with Gasteiger partial charge in [0.25, 0.3) is 0 Å². The van der Waals surface area contributed by atoms with Gasteiger partial charge in [0.2, 0.25) is 11.8 Å². The summed E-state index contributed by atoms with van der Waals surface area (Å²) in [4.78, 5) is 19.5. The van der Waals surface area contributed by atoms with Crippen LogP contribution >= 0.6 is 0 Å². The Morgan fingerprint density at radius 3 is 3.17 bits per heavy atom. The number of carbonyl (C=O) groups is 1. The maximum atomic E-state index is 12.9. The van der Waals surface area contributed by atoms with E-state index in [0.717, 1.165) is 31.5 Å². The van der Waals surface area contributed by atoms with Crippen molar-refractivity contribution in [2.24, 2.45) is 5.41 Å². The lowest BCUT2D eigenvalue weighted by molar-refractivity contribution is -0.140. The van der Waals surface area contributed by atoms with Crippen LogP contribution in [-0.4, -0.2) is 54.7 Å². The number of ether oxygens (including phenoxy) is 2. The Bertz CT molecular complexity index is 593. The van der Waals surface area contributed by atoms with Crippen LogP contribution in [0.3, 0.4) is 0 Å². The molecule has 0 saturated carbocycles. The number of carbonyl (C=O) groups excluding carboxylic acids is 1. The van der Waals surface area contributed by atoms with Crippen LogP contribution in [0.4, 0.5) is 0 Å². The third kappa shape index (κ3) is 3.26. The lowest BCUT2D eigenvalue weighted by Crippen LogP contribution is -2.57. The molecule has 24 heavy (non-hydrogen) atoms. The largest absolute Gasteiger partial charge is 0.481 e. The fourth-order valence-electron chi connectivity index (χ4n) is 3.86. The van der Waals surface area contributed by atoms with E-state index >= 15 is 0 Å². The van der Waals surface area contributed by atoms with Crippen LogP contribution in [0.5, 0.6) is 5.88 Å². The molecule has 0 radical (unpaired) electrons. The quantitative estimate of drug-likeness (QED) is 0.887. The number of hydrogen-bond donors (Lipinski definition) is 1. The van der Waals surface area contributed by atoms with E-state index in [-0.39, 0.29) is 18.1 Å². The minimum absolute atomic E-state index is 0.0308. The minimum Gasteiger partial charge on any atom is -0.481 e. The minimum atomic E-state index is -0.433. The Morgan fingerprint density at radius 2 is 2.42 bits per heavy atom. The molecule has 1 aromatic rings. The zero-order chi connectivity index (χ0) is 17.2. The normalized spacial score (nSPS) is 27.1. The number of piperidine rings is 1. The summed E-state index contributed by atoms with van der Waals surface area (Å²) in [6, 6.07) is 4.09. The van der Waals surface area contributed by atoms with Crippen LogP contribution in [0.1, 0.15) is 32.3 Å². The van der Waals surface area contributed by atoms with Crippen molar-refractivity contribution >= 4 is 5.91 Å². The number of methoxy groups -OCH3 is 1. The molecular weight excluding hydrogens is 306 g/mol. The monoisotopic (exact) mass is 333 g/mol. The van der Waals surface area contributed by atoms with Crippen molar-refractivity contribution in [3.05, 3.63) is 23.9 Å². The summed E-state index contributed by atoms with van der Waals surface area (Å²) in [5, 5.41) is 3.10. The maximum Gasteiger partial charge on any atom is 0.230 e. The molecular formula is C18H27N3O3. The van der Waals surface area contributed by atoms with E-state index in [1.807, 2.05) is 26.0 Å². The molecule has 0 spiro atoms. The summed E-state index contributed by atoms with van der Waals surface area (Å²) < 4.78 is 11.2. The first-order chi connectivity index (χ1) is 11.5. The summed E-state index contributed by atoms with van der Waals surface area (Å²) in [7, 11) is 1.64. The summed E-state index contributed by atoms with van der Waals surface area (Å²) >= 11 is 0. The fourth-order valence-corrected chi connectivity index (χ4v) is 3.86. The highest BCUT2D eigenvalue weighted by Gasteiger charge is 2.53. The van der Waals surface area contributed by atoms with Gasteiger partial charge in [0, 0.05) is 44.0 Å². The highest BCUT2D eigenvalue weighted by Crippen LogP contribution is 2.41. The third-order valence-corrected chi connectivity index (χ3v) is 5.01. The highest BCUT2D eigenvalue weighted by molar-refractivity contribution is 5.84. The molecule has 0 aromatic carbocycles. The predicted molar refractivity (Wildman–Crippen MR) is 90.8 cm³/mol. The first-order valence-corrected chi connectivity index (χ1v) is 8.68. The van der Waals surface area contributed by atoms with E-state index in [0.29, 0.717) is 19.0 Å². The molecule has 6 heteroatoms. The molecule has 1 N–H and O–H groups in total. The number of hydrogen-bond acceptors (Lipinski definition) is 5. The summed E-state index contributed by atoms with van der Waals surface area (Å²) in [5.41, 5.74) is 0.620. The van der Waals surface area contributed by atoms with E-state index < -0.39 is 5.41 Å². The number of likely N-dealkylation sites (tertiary alicyclic amines) is 1. The lowest BCUT2D eigenvalue weighted by atomic mass is 9.75. The molecule has 2 aliphatic heterocycles. The molecule has 2 fully saturated rings. The van der Waals surface area contributed by atoms with Crippen molar-refractivity contribution in [3.63, 3.8) is 0 Å². The number of pyridine rings is 1. The van der Waals surface area contributed by atoms with Crippen LogP contribution in [0.15, 0.2) is 18.3 Å². The molecule has 3 rings (SSSR count). The van der Waals surface area contributed by atoms with E-state index in [4.69, 9.17) is 9.47 Å². The van der Waals surface area contributed by atoms with Gasteiger partial charge in [-0.15, -0.1) is 0 Å². The van der Waals surface area contributed by atoms with Gasteiger partial charge in [0.05, 0.1) is 18.6 Å². The number of amides is 1. The molecule has 2 atom stereocenters. The van der Waals surface area contributed by atoms with Crippen molar-refractivity contribution < 1.29 is 14.3 Å². The second-order valence-electron chi connectivity index (χ2n) is 7.06. The van der Waals surface area contributed by atoms with Gasteiger partial charge in [0.15, 0.2) is 0 Å². The van der Waals surface area contributed by atoms with Crippen molar-refractivity contribution in [2.75, 3.05) is 26.8 Å². The second-order valence-corrected chi connectivity index (χ2v) is 7.06. The van der Waals surface area contributed by atoms with Crippen LogP contribution in [0.25, 0.3) is 0 Å². The topological polar surface area (TPSA) is 63.7 Å². The van der Waals surface area contributed by atoms with Gasteiger partial charge in [-0.3, -0.25) is 9.69 Å². The number of nitrogens with zero attached hydrogens (tertiary/aromatic N) is 2. The highest BCUT2D eigenvalue weighted by atomic mass is 16.5. The number of nitrogens with one attached hydrogen (secondary N) is 1. The summed E-state index contributed by atoms with van der Waals surface area (Å²) in [5.74, 6) is 0.783. The molecule has 0 unspecified atom stereocenters. The Kier molecular flexibility index (Phi) is 5.06. The fraction of sp³-hybridized carbons (Fsp3) is 0.667. The number of aromatic nitrogens is 1. The van der Waals surface area contributed by atoms with Crippen LogP contribution in [0, 0.1) is 5.41 Å². The molecule has 0 bridgehead atoms. The first kappa shape index (κ1) is 17.2. The SMILES string of the molecule is COc1ncccc1CN1CC[C@H]2OCC[C@@]2(C(=O)NC(C)C)C1. The summed E-state index contributed by atoms with van der Waals surface area (Å²) in [6.45, 7) is 7.04. The smallest absolute Gasteiger partial charge is 0.230 e. The number of rotatable bonds is 5.